The third kappa shape index (κ3) is 4.36. The Hall–Kier alpha value is -1.83. The molecule has 2 aliphatic heterocycles. The highest BCUT2D eigenvalue weighted by Gasteiger charge is 2.25. The predicted octanol–water partition coefficient (Wildman–Crippen LogP) is 3.42. The lowest BCUT2D eigenvalue weighted by Crippen LogP contribution is -2.38. The second-order valence-corrected chi connectivity index (χ2v) is 7.76. The van der Waals surface area contributed by atoms with Gasteiger partial charge in [-0.1, -0.05) is 0 Å². The van der Waals surface area contributed by atoms with E-state index in [1.165, 1.54) is 17.8 Å². The second-order valence-electron chi connectivity index (χ2n) is 6.73. The summed E-state index contributed by atoms with van der Waals surface area (Å²) < 4.78 is 10.8. The predicted molar refractivity (Wildman–Crippen MR) is 108 cm³/mol. The summed E-state index contributed by atoms with van der Waals surface area (Å²) in [6, 6.07) is 5.76. The Kier molecular flexibility index (Phi) is 6.57. The summed E-state index contributed by atoms with van der Waals surface area (Å²) in [5, 5.41) is 4.03. The Balaban J connectivity index is 0.00000210. The zero-order valence-corrected chi connectivity index (χ0v) is 16.9. The van der Waals surface area contributed by atoms with Gasteiger partial charge in [-0.2, -0.15) is 0 Å². The van der Waals surface area contributed by atoms with Gasteiger partial charge in [0.25, 0.3) is 5.91 Å². The van der Waals surface area contributed by atoms with E-state index in [0.29, 0.717) is 4.88 Å². The van der Waals surface area contributed by atoms with Gasteiger partial charge in [-0.25, -0.2) is 4.98 Å². The molecule has 146 valence electrons. The number of aromatic nitrogens is 1. The van der Waals surface area contributed by atoms with Crippen LogP contribution in [-0.4, -0.2) is 49.3 Å². The highest BCUT2D eigenvalue weighted by atomic mass is 35.5. The van der Waals surface area contributed by atoms with Gasteiger partial charge in [0.05, 0.1) is 6.20 Å². The fourth-order valence-corrected chi connectivity index (χ4v) is 4.35. The number of hydrogen-bond acceptors (Lipinski definition) is 6. The number of hydrogen-bond donors (Lipinski definition) is 1. The van der Waals surface area contributed by atoms with Gasteiger partial charge in [-0.3, -0.25) is 4.79 Å². The number of amides is 1. The highest BCUT2D eigenvalue weighted by molar-refractivity contribution is 7.16. The lowest BCUT2D eigenvalue weighted by Gasteiger charge is -2.31. The van der Waals surface area contributed by atoms with E-state index in [4.69, 9.17) is 9.47 Å². The zero-order chi connectivity index (χ0) is 17.9. The van der Waals surface area contributed by atoms with Crippen LogP contribution in [0.5, 0.6) is 11.5 Å². The minimum absolute atomic E-state index is 0. The number of nitrogens with zero attached hydrogens (tertiary/aromatic N) is 2. The molecule has 1 aromatic carbocycles. The molecule has 0 unspecified atom stereocenters. The molecule has 0 atom stereocenters. The molecule has 1 saturated heterocycles. The van der Waals surface area contributed by atoms with E-state index >= 15 is 0 Å². The molecule has 4 rings (SSSR count). The van der Waals surface area contributed by atoms with Crippen LogP contribution < -0.4 is 14.8 Å². The van der Waals surface area contributed by atoms with Crippen molar-refractivity contribution in [3.05, 3.63) is 29.3 Å². The summed E-state index contributed by atoms with van der Waals surface area (Å²) in [5.41, 5.74) is 0.948. The number of likely N-dealkylation sites (tertiary alicyclic amines) is 1. The maximum atomic E-state index is 12.8. The molecular weight excluding hydrogens is 386 g/mol. The van der Waals surface area contributed by atoms with E-state index in [9.17, 15) is 4.79 Å². The third-order valence-electron chi connectivity index (χ3n) is 5.04. The lowest BCUT2D eigenvalue weighted by molar-refractivity contribution is 0.0692. The van der Waals surface area contributed by atoms with E-state index in [0.717, 1.165) is 60.5 Å². The summed E-state index contributed by atoms with van der Waals surface area (Å²) >= 11 is 1.44. The van der Waals surface area contributed by atoms with E-state index in [-0.39, 0.29) is 25.1 Å². The molecule has 0 spiro atoms. The van der Waals surface area contributed by atoms with Crippen LogP contribution in [0.3, 0.4) is 0 Å². The Bertz CT molecular complexity index is 790. The monoisotopic (exact) mass is 409 g/mol. The smallest absolute Gasteiger partial charge is 0.265 e. The first-order valence-electron chi connectivity index (χ1n) is 9.04. The Morgan fingerprint density at radius 2 is 2.07 bits per heavy atom. The van der Waals surface area contributed by atoms with Gasteiger partial charge in [0.1, 0.15) is 9.88 Å². The van der Waals surface area contributed by atoms with Crippen LogP contribution in [0.25, 0.3) is 10.6 Å². The Labute approximate surface area is 169 Å². The molecule has 3 heterocycles. The molecule has 27 heavy (non-hydrogen) atoms. The number of nitrogens with one attached hydrogen (secondary N) is 1. The summed E-state index contributed by atoms with van der Waals surface area (Å²) in [5.74, 6) is 2.30. The largest absolute Gasteiger partial charge is 0.454 e. The summed E-state index contributed by atoms with van der Waals surface area (Å²) in [7, 11) is 1.99. The fourth-order valence-electron chi connectivity index (χ4n) is 3.47. The standard InChI is InChI=1S/C19H23N3O3S.ClH/c1-20-7-4-13-5-8-22(9-6-13)19(23)17-11-21-18(26-17)14-2-3-15-16(10-14)25-12-24-15;/h2-3,10-11,13,20H,4-9,12H2,1H3;1H. The van der Waals surface area contributed by atoms with Gasteiger partial charge < -0.3 is 19.7 Å². The minimum Gasteiger partial charge on any atom is -0.454 e. The molecule has 1 amide bonds. The number of fused-ring (bicyclic) bond motifs is 1. The minimum atomic E-state index is 0. The average Bonchev–Trinajstić information content (AvgIpc) is 3.35. The number of rotatable bonds is 5. The van der Waals surface area contributed by atoms with Crippen LogP contribution in [0.4, 0.5) is 0 Å². The quantitative estimate of drug-likeness (QED) is 0.819. The van der Waals surface area contributed by atoms with Gasteiger partial charge in [-0.05, 0) is 57.0 Å². The zero-order valence-electron chi connectivity index (χ0n) is 15.3. The van der Waals surface area contributed by atoms with E-state index < -0.39 is 0 Å². The molecule has 0 aliphatic carbocycles. The average molecular weight is 410 g/mol. The van der Waals surface area contributed by atoms with Gasteiger partial charge in [0.15, 0.2) is 11.5 Å². The molecule has 1 N–H and O–H groups in total. The maximum Gasteiger partial charge on any atom is 0.265 e. The fraction of sp³-hybridized carbons (Fsp3) is 0.474. The van der Waals surface area contributed by atoms with Crippen molar-refractivity contribution >= 4 is 29.7 Å². The number of carbonyl (C=O) groups is 1. The molecule has 1 fully saturated rings. The Morgan fingerprint density at radius 1 is 1.30 bits per heavy atom. The molecular formula is C19H24ClN3O3S. The first kappa shape index (κ1) is 19.9. The lowest BCUT2D eigenvalue weighted by atomic mass is 9.93. The topological polar surface area (TPSA) is 63.7 Å². The van der Waals surface area contributed by atoms with E-state index in [1.807, 2.05) is 30.1 Å². The van der Waals surface area contributed by atoms with Crippen LogP contribution in [0, 0.1) is 5.92 Å². The molecule has 0 saturated carbocycles. The van der Waals surface area contributed by atoms with Crippen LogP contribution >= 0.6 is 23.7 Å². The van der Waals surface area contributed by atoms with Gasteiger partial charge in [0.2, 0.25) is 6.79 Å². The number of ether oxygens (including phenoxy) is 2. The van der Waals surface area contributed by atoms with Crippen molar-refractivity contribution in [2.45, 2.75) is 19.3 Å². The van der Waals surface area contributed by atoms with Gasteiger partial charge >= 0.3 is 0 Å². The van der Waals surface area contributed by atoms with Gasteiger partial charge in [-0.15, -0.1) is 23.7 Å². The molecule has 0 bridgehead atoms. The van der Waals surface area contributed by atoms with Crippen molar-refractivity contribution in [3.8, 4) is 22.1 Å². The molecule has 0 radical (unpaired) electrons. The summed E-state index contributed by atoms with van der Waals surface area (Å²) in [6.45, 7) is 2.98. The normalized spacial score (nSPS) is 16.3. The van der Waals surface area contributed by atoms with Gasteiger partial charge in [0, 0.05) is 18.7 Å². The highest BCUT2D eigenvalue weighted by Crippen LogP contribution is 2.37. The SMILES string of the molecule is CNCCC1CCN(C(=O)c2cnc(-c3ccc4c(c3)OCO4)s2)CC1.Cl. The van der Waals surface area contributed by atoms with Crippen LogP contribution in [0.2, 0.25) is 0 Å². The summed E-state index contributed by atoms with van der Waals surface area (Å²) in [4.78, 5) is 19.9. The molecule has 2 aliphatic rings. The molecule has 8 heteroatoms. The van der Waals surface area contributed by atoms with Crippen molar-refractivity contribution in [2.24, 2.45) is 5.92 Å². The summed E-state index contributed by atoms with van der Waals surface area (Å²) in [6.07, 6.45) is 5.05. The number of benzene rings is 1. The number of piperidine rings is 1. The van der Waals surface area contributed by atoms with Crippen molar-refractivity contribution in [1.29, 1.82) is 0 Å². The third-order valence-corrected chi connectivity index (χ3v) is 6.07. The van der Waals surface area contributed by atoms with Crippen molar-refractivity contribution in [3.63, 3.8) is 0 Å². The number of halogens is 1. The number of thiazole rings is 1. The maximum absolute atomic E-state index is 12.8. The van der Waals surface area contributed by atoms with E-state index in [2.05, 4.69) is 10.3 Å². The Morgan fingerprint density at radius 3 is 2.85 bits per heavy atom. The molecule has 6 nitrogen and oxygen atoms in total. The second kappa shape index (κ2) is 8.91. The molecule has 2 aromatic rings. The van der Waals surface area contributed by atoms with Crippen molar-refractivity contribution < 1.29 is 14.3 Å². The van der Waals surface area contributed by atoms with E-state index in [1.54, 1.807) is 6.20 Å². The van der Waals surface area contributed by atoms with Crippen molar-refractivity contribution in [2.75, 3.05) is 33.5 Å². The first-order chi connectivity index (χ1) is 12.7. The first-order valence-corrected chi connectivity index (χ1v) is 9.86. The number of carbonyl (C=O) groups excluding carboxylic acids is 1. The van der Waals surface area contributed by atoms with Crippen LogP contribution in [0.15, 0.2) is 24.4 Å². The van der Waals surface area contributed by atoms with Crippen LogP contribution in [-0.2, 0) is 0 Å². The molecule has 1 aromatic heterocycles. The van der Waals surface area contributed by atoms with Crippen LogP contribution in [0.1, 0.15) is 28.9 Å². The van der Waals surface area contributed by atoms with Crippen molar-refractivity contribution in [1.82, 2.24) is 15.2 Å².